The number of aliphatic hydroxyl groups is 1. The Bertz CT molecular complexity index is 411. The molecule has 1 aliphatic rings. The van der Waals surface area contributed by atoms with Gasteiger partial charge in [0.15, 0.2) is 5.13 Å². The molecule has 20 heavy (non-hydrogen) atoms. The van der Waals surface area contributed by atoms with Crippen LogP contribution < -0.4 is 4.90 Å². The predicted molar refractivity (Wildman–Crippen MR) is 86.5 cm³/mol. The molecule has 0 aliphatic heterocycles. The van der Waals surface area contributed by atoms with E-state index < -0.39 is 0 Å². The molecule has 0 atom stereocenters. The smallest absolute Gasteiger partial charge is 0.186 e. The molecule has 114 valence electrons. The van der Waals surface area contributed by atoms with Crippen molar-refractivity contribution >= 4 is 16.5 Å². The molecule has 1 aromatic rings. The summed E-state index contributed by atoms with van der Waals surface area (Å²) in [6, 6.07) is 0.657. The topological polar surface area (TPSA) is 36.4 Å². The van der Waals surface area contributed by atoms with Crippen LogP contribution in [0.5, 0.6) is 0 Å². The van der Waals surface area contributed by atoms with Crippen LogP contribution in [0, 0.1) is 5.92 Å². The lowest BCUT2D eigenvalue weighted by Gasteiger charge is -2.30. The van der Waals surface area contributed by atoms with Crippen LogP contribution in [-0.4, -0.2) is 22.7 Å². The third-order valence-electron chi connectivity index (χ3n) is 3.97. The maximum Gasteiger partial charge on any atom is 0.186 e. The van der Waals surface area contributed by atoms with Crippen molar-refractivity contribution in [3.8, 4) is 0 Å². The molecule has 0 bridgehead atoms. The normalized spacial score (nSPS) is 16.2. The van der Waals surface area contributed by atoms with E-state index in [9.17, 15) is 5.11 Å². The van der Waals surface area contributed by atoms with Gasteiger partial charge in [-0.1, -0.05) is 51.4 Å². The molecule has 0 radical (unpaired) electrons. The fraction of sp³-hybridized carbons (Fsp3) is 0.812. The van der Waals surface area contributed by atoms with Crippen LogP contribution in [0.25, 0.3) is 0 Å². The first kappa shape index (κ1) is 15.8. The number of anilines is 1. The van der Waals surface area contributed by atoms with Gasteiger partial charge in [-0.25, -0.2) is 4.98 Å². The second-order valence-corrected chi connectivity index (χ2v) is 7.32. The lowest BCUT2D eigenvalue weighted by molar-refractivity contribution is 0.284. The summed E-state index contributed by atoms with van der Waals surface area (Å²) in [5, 5.41) is 10.7. The van der Waals surface area contributed by atoms with Gasteiger partial charge in [0.2, 0.25) is 0 Å². The summed E-state index contributed by atoms with van der Waals surface area (Å²) < 4.78 is 0. The third kappa shape index (κ3) is 3.73. The van der Waals surface area contributed by atoms with Crippen molar-refractivity contribution in [2.24, 2.45) is 5.92 Å². The lowest BCUT2D eigenvalue weighted by Crippen LogP contribution is -2.36. The van der Waals surface area contributed by atoms with Gasteiger partial charge in [0.05, 0.1) is 17.2 Å². The van der Waals surface area contributed by atoms with E-state index in [4.69, 9.17) is 4.98 Å². The van der Waals surface area contributed by atoms with Crippen LogP contribution >= 0.6 is 11.3 Å². The van der Waals surface area contributed by atoms with Gasteiger partial charge in [0.1, 0.15) is 0 Å². The molecule has 0 spiro atoms. The summed E-state index contributed by atoms with van der Waals surface area (Å²) in [4.78, 5) is 8.43. The highest BCUT2D eigenvalue weighted by Crippen LogP contribution is 2.33. The zero-order valence-corrected chi connectivity index (χ0v) is 13.9. The van der Waals surface area contributed by atoms with Crippen molar-refractivity contribution in [2.45, 2.75) is 71.9 Å². The van der Waals surface area contributed by atoms with Crippen LogP contribution in [0.3, 0.4) is 0 Å². The number of aryl methyl sites for hydroxylation is 1. The van der Waals surface area contributed by atoms with Crippen molar-refractivity contribution in [3.63, 3.8) is 0 Å². The average Bonchev–Trinajstić information content (AvgIpc) is 3.05. The summed E-state index contributed by atoms with van der Waals surface area (Å²) in [6.45, 7) is 7.93. The minimum atomic E-state index is 0.132. The fourth-order valence-corrected chi connectivity index (χ4v) is 4.09. The molecule has 0 unspecified atom stereocenters. The minimum absolute atomic E-state index is 0.132. The SMILES string of the molecule is CCCc1nc(N(CC(C)C)C2CCCC2)sc1CO. The summed E-state index contributed by atoms with van der Waals surface area (Å²) in [5.74, 6) is 0.645. The van der Waals surface area contributed by atoms with E-state index in [0.29, 0.717) is 12.0 Å². The molecular formula is C16H28N2OS. The molecule has 4 heteroatoms. The highest BCUT2D eigenvalue weighted by Gasteiger charge is 2.26. The molecule has 2 rings (SSSR count). The molecule has 1 aliphatic carbocycles. The highest BCUT2D eigenvalue weighted by atomic mass is 32.1. The van der Waals surface area contributed by atoms with Crippen LogP contribution in [0.4, 0.5) is 5.13 Å². The van der Waals surface area contributed by atoms with E-state index in [2.05, 4.69) is 25.7 Å². The highest BCUT2D eigenvalue weighted by molar-refractivity contribution is 7.15. The maximum atomic E-state index is 9.54. The van der Waals surface area contributed by atoms with Crippen molar-refractivity contribution in [2.75, 3.05) is 11.4 Å². The Morgan fingerprint density at radius 3 is 2.60 bits per heavy atom. The van der Waals surface area contributed by atoms with Crippen LogP contribution in [0.15, 0.2) is 0 Å². The van der Waals surface area contributed by atoms with Gasteiger partial charge in [0, 0.05) is 12.6 Å². The first-order chi connectivity index (χ1) is 9.65. The summed E-state index contributed by atoms with van der Waals surface area (Å²) in [5.41, 5.74) is 1.11. The molecule has 1 aromatic heterocycles. The molecular weight excluding hydrogens is 268 g/mol. The van der Waals surface area contributed by atoms with Crippen LogP contribution in [-0.2, 0) is 13.0 Å². The van der Waals surface area contributed by atoms with E-state index in [-0.39, 0.29) is 6.61 Å². The van der Waals surface area contributed by atoms with E-state index >= 15 is 0 Å². The van der Waals surface area contributed by atoms with Gasteiger partial charge < -0.3 is 10.0 Å². The second-order valence-electron chi connectivity index (χ2n) is 6.26. The van der Waals surface area contributed by atoms with E-state index in [1.807, 2.05) is 0 Å². The third-order valence-corrected chi connectivity index (χ3v) is 5.09. The Morgan fingerprint density at radius 2 is 2.05 bits per heavy atom. The van der Waals surface area contributed by atoms with Gasteiger partial charge >= 0.3 is 0 Å². The summed E-state index contributed by atoms with van der Waals surface area (Å²) >= 11 is 1.70. The Morgan fingerprint density at radius 1 is 1.35 bits per heavy atom. The zero-order chi connectivity index (χ0) is 14.5. The number of hydrogen-bond donors (Lipinski definition) is 1. The molecule has 1 fully saturated rings. The number of aromatic nitrogens is 1. The minimum Gasteiger partial charge on any atom is -0.391 e. The van der Waals surface area contributed by atoms with Crippen molar-refractivity contribution in [3.05, 3.63) is 10.6 Å². The van der Waals surface area contributed by atoms with E-state index in [0.717, 1.165) is 35.1 Å². The van der Waals surface area contributed by atoms with E-state index in [1.54, 1.807) is 11.3 Å². The predicted octanol–water partition coefficient (Wildman–Crippen LogP) is 3.99. The Balaban J connectivity index is 2.22. The van der Waals surface area contributed by atoms with Gasteiger partial charge in [-0.15, -0.1) is 0 Å². The first-order valence-electron chi connectivity index (χ1n) is 8.01. The van der Waals surface area contributed by atoms with E-state index in [1.165, 1.54) is 25.7 Å². The molecule has 0 aromatic carbocycles. The standard InChI is InChI=1S/C16H28N2OS/c1-4-7-14-15(11-19)20-16(17-14)18(10-12(2)3)13-8-5-6-9-13/h12-13,19H,4-11H2,1-3H3. The van der Waals surface area contributed by atoms with Crippen LogP contribution in [0.1, 0.15) is 63.4 Å². The van der Waals surface area contributed by atoms with Crippen molar-refractivity contribution in [1.29, 1.82) is 0 Å². The van der Waals surface area contributed by atoms with Gasteiger partial charge in [-0.2, -0.15) is 0 Å². The molecule has 1 saturated carbocycles. The van der Waals surface area contributed by atoms with Gasteiger partial charge in [-0.3, -0.25) is 0 Å². The first-order valence-corrected chi connectivity index (χ1v) is 8.83. The Kier molecular flexibility index (Phi) is 5.85. The Labute approximate surface area is 127 Å². The maximum absolute atomic E-state index is 9.54. The van der Waals surface area contributed by atoms with Gasteiger partial charge in [0.25, 0.3) is 0 Å². The molecule has 0 amide bonds. The monoisotopic (exact) mass is 296 g/mol. The number of aliphatic hydroxyl groups excluding tert-OH is 1. The second kappa shape index (κ2) is 7.41. The zero-order valence-electron chi connectivity index (χ0n) is 13.1. The summed E-state index contributed by atoms with van der Waals surface area (Å²) in [7, 11) is 0. The number of thiazole rings is 1. The summed E-state index contributed by atoms with van der Waals surface area (Å²) in [6.07, 6.45) is 7.35. The Hall–Kier alpha value is -0.610. The lowest BCUT2D eigenvalue weighted by atomic mass is 10.1. The average molecular weight is 296 g/mol. The number of hydrogen-bond acceptors (Lipinski definition) is 4. The molecule has 0 saturated heterocycles. The fourth-order valence-electron chi connectivity index (χ4n) is 3.04. The largest absolute Gasteiger partial charge is 0.391 e. The molecule has 3 nitrogen and oxygen atoms in total. The quantitative estimate of drug-likeness (QED) is 0.826. The number of nitrogens with zero attached hydrogens (tertiary/aromatic N) is 2. The molecule has 1 N–H and O–H groups in total. The van der Waals surface area contributed by atoms with Crippen molar-refractivity contribution in [1.82, 2.24) is 4.98 Å². The molecule has 1 heterocycles. The number of rotatable bonds is 7. The van der Waals surface area contributed by atoms with Crippen LogP contribution in [0.2, 0.25) is 0 Å². The van der Waals surface area contributed by atoms with Crippen molar-refractivity contribution < 1.29 is 5.11 Å². The van der Waals surface area contributed by atoms with Gasteiger partial charge in [-0.05, 0) is 25.2 Å².